The smallest absolute Gasteiger partial charge is 0.317 e. The Morgan fingerprint density at radius 2 is 2.00 bits per heavy atom. The molecule has 0 aromatic heterocycles. The molecular formula is C9H14N2O2. The first-order valence-corrected chi connectivity index (χ1v) is 4.99. The average Bonchev–Trinajstić information content (AvgIpc) is 2.50. The molecule has 4 nitrogen and oxygen atoms in total. The summed E-state index contributed by atoms with van der Waals surface area (Å²) in [5.74, 6) is 1.23. The number of rotatable bonds is 1. The molecule has 2 atom stereocenters. The second kappa shape index (κ2) is 2.61. The zero-order valence-electron chi connectivity index (χ0n) is 7.53. The minimum absolute atomic E-state index is 0.130. The standard InChI is InChI=1S/C9H14N2O2/c12-9(11-2-1-3-11)10-8-6-4-13-5-7(6)8/h6-8H,1-5H2,(H,10,12)/t6-,7-/m0/s1. The van der Waals surface area contributed by atoms with Gasteiger partial charge in [-0.3, -0.25) is 0 Å². The maximum atomic E-state index is 11.5. The largest absolute Gasteiger partial charge is 0.381 e. The van der Waals surface area contributed by atoms with Crippen LogP contribution >= 0.6 is 0 Å². The van der Waals surface area contributed by atoms with Crippen LogP contribution in [0.3, 0.4) is 0 Å². The third-order valence-corrected chi connectivity index (χ3v) is 3.39. The Morgan fingerprint density at radius 3 is 2.54 bits per heavy atom. The van der Waals surface area contributed by atoms with E-state index in [9.17, 15) is 4.79 Å². The first kappa shape index (κ1) is 7.62. The molecule has 0 radical (unpaired) electrons. The normalized spacial score (nSPS) is 40.9. The van der Waals surface area contributed by atoms with Gasteiger partial charge in [-0.15, -0.1) is 0 Å². The Hall–Kier alpha value is -0.770. The van der Waals surface area contributed by atoms with Gasteiger partial charge in [-0.2, -0.15) is 0 Å². The van der Waals surface area contributed by atoms with E-state index in [4.69, 9.17) is 4.74 Å². The van der Waals surface area contributed by atoms with Crippen molar-refractivity contribution < 1.29 is 9.53 Å². The molecule has 0 bridgehead atoms. The molecule has 0 aromatic rings. The van der Waals surface area contributed by atoms with Gasteiger partial charge in [-0.25, -0.2) is 4.79 Å². The molecule has 0 unspecified atom stereocenters. The minimum Gasteiger partial charge on any atom is -0.381 e. The van der Waals surface area contributed by atoms with Crippen LogP contribution in [0.5, 0.6) is 0 Å². The second-order valence-corrected chi connectivity index (χ2v) is 4.18. The van der Waals surface area contributed by atoms with E-state index in [0.717, 1.165) is 32.7 Å². The fourth-order valence-corrected chi connectivity index (χ4v) is 2.21. The van der Waals surface area contributed by atoms with Gasteiger partial charge in [0.05, 0.1) is 13.2 Å². The topological polar surface area (TPSA) is 41.6 Å². The number of carbonyl (C=O) groups excluding carboxylic acids is 1. The fraction of sp³-hybridized carbons (Fsp3) is 0.889. The van der Waals surface area contributed by atoms with Crippen molar-refractivity contribution in [2.24, 2.45) is 11.8 Å². The van der Waals surface area contributed by atoms with Crippen LogP contribution in [-0.4, -0.2) is 43.3 Å². The van der Waals surface area contributed by atoms with Gasteiger partial charge in [0.2, 0.25) is 0 Å². The Kier molecular flexibility index (Phi) is 1.53. The Bertz CT molecular complexity index is 230. The molecule has 3 fully saturated rings. The molecule has 1 aliphatic carbocycles. The predicted octanol–water partition coefficient (Wildman–Crippen LogP) is 0.0465. The van der Waals surface area contributed by atoms with Crippen LogP contribution in [0, 0.1) is 11.8 Å². The van der Waals surface area contributed by atoms with E-state index in [0.29, 0.717) is 17.9 Å². The molecule has 3 rings (SSSR count). The SMILES string of the molecule is O=C(NC1[C@H]2COC[C@H]12)N1CCC1. The van der Waals surface area contributed by atoms with Gasteiger partial charge in [0, 0.05) is 31.0 Å². The molecule has 2 saturated heterocycles. The number of likely N-dealkylation sites (tertiary alicyclic amines) is 1. The van der Waals surface area contributed by atoms with Crippen molar-refractivity contribution >= 4 is 6.03 Å². The van der Waals surface area contributed by atoms with Crippen LogP contribution < -0.4 is 5.32 Å². The zero-order chi connectivity index (χ0) is 8.84. The van der Waals surface area contributed by atoms with E-state index >= 15 is 0 Å². The molecule has 72 valence electrons. The van der Waals surface area contributed by atoms with E-state index in [1.165, 1.54) is 0 Å². The molecule has 4 heteroatoms. The van der Waals surface area contributed by atoms with Gasteiger partial charge in [-0.05, 0) is 6.42 Å². The van der Waals surface area contributed by atoms with Crippen LogP contribution in [0.15, 0.2) is 0 Å². The summed E-state index contributed by atoms with van der Waals surface area (Å²) in [5, 5.41) is 3.06. The molecule has 2 amide bonds. The van der Waals surface area contributed by atoms with Crippen LogP contribution in [0.2, 0.25) is 0 Å². The van der Waals surface area contributed by atoms with E-state index in [1.54, 1.807) is 0 Å². The average molecular weight is 182 g/mol. The lowest BCUT2D eigenvalue weighted by Gasteiger charge is -2.31. The monoisotopic (exact) mass is 182 g/mol. The molecule has 1 saturated carbocycles. The number of hydrogen-bond donors (Lipinski definition) is 1. The molecule has 0 spiro atoms. The number of nitrogens with one attached hydrogen (secondary N) is 1. The summed E-state index contributed by atoms with van der Waals surface area (Å²) in [5.41, 5.74) is 0. The summed E-state index contributed by atoms with van der Waals surface area (Å²) in [6, 6.07) is 0.549. The summed E-state index contributed by atoms with van der Waals surface area (Å²) in [4.78, 5) is 13.4. The van der Waals surface area contributed by atoms with E-state index in [1.807, 2.05) is 4.90 Å². The lowest BCUT2D eigenvalue weighted by Crippen LogP contribution is -2.49. The van der Waals surface area contributed by atoms with Crippen LogP contribution in [0.4, 0.5) is 4.79 Å². The predicted molar refractivity (Wildman–Crippen MR) is 46.3 cm³/mol. The highest BCUT2D eigenvalue weighted by Gasteiger charge is 2.55. The number of fused-ring (bicyclic) bond motifs is 1. The number of nitrogens with zero attached hydrogens (tertiary/aromatic N) is 1. The third kappa shape index (κ3) is 1.12. The quantitative estimate of drug-likeness (QED) is 0.622. The molecule has 2 aliphatic heterocycles. The summed E-state index contributed by atoms with van der Waals surface area (Å²) >= 11 is 0. The number of urea groups is 1. The first-order chi connectivity index (χ1) is 6.36. The summed E-state index contributed by atoms with van der Waals surface area (Å²) in [6.45, 7) is 3.56. The van der Waals surface area contributed by atoms with Crippen molar-refractivity contribution in [2.45, 2.75) is 12.5 Å². The summed E-state index contributed by atoms with van der Waals surface area (Å²) in [7, 11) is 0. The Balaban J connectivity index is 1.50. The third-order valence-electron chi connectivity index (χ3n) is 3.39. The van der Waals surface area contributed by atoms with Crippen molar-refractivity contribution in [3.8, 4) is 0 Å². The lowest BCUT2D eigenvalue weighted by atomic mass is 10.2. The van der Waals surface area contributed by atoms with Crippen LogP contribution in [-0.2, 0) is 4.74 Å². The fourth-order valence-electron chi connectivity index (χ4n) is 2.21. The van der Waals surface area contributed by atoms with E-state index in [2.05, 4.69) is 5.32 Å². The van der Waals surface area contributed by atoms with Crippen molar-refractivity contribution in [1.82, 2.24) is 10.2 Å². The maximum absolute atomic E-state index is 11.5. The van der Waals surface area contributed by atoms with Crippen LogP contribution in [0.1, 0.15) is 6.42 Å². The molecule has 13 heavy (non-hydrogen) atoms. The van der Waals surface area contributed by atoms with Gasteiger partial charge in [0.25, 0.3) is 0 Å². The Morgan fingerprint density at radius 1 is 1.31 bits per heavy atom. The van der Waals surface area contributed by atoms with Crippen molar-refractivity contribution in [2.75, 3.05) is 26.3 Å². The highest BCUT2D eigenvalue weighted by Crippen LogP contribution is 2.44. The molecule has 1 N–H and O–H groups in total. The van der Waals surface area contributed by atoms with Crippen LogP contribution in [0.25, 0.3) is 0 Å². The van der Waals surface area contributed by atoms with Gasteiger partial charge >= 0.3 is 6.03 Å². The summed E-state index contributed by atoms with van der Waals surface area (Å²) < 4.78 is 5.25. The minimum atomic E-state index is 0.130. The highest BCUT2D eigenvalue weighted by molar-refractivity contribution is 5.75. The summed E-state index contributed by atoms with van der Waals surface area (Å²) in [6.07, 6.45) is 1.16. The molecule has 2 heterocycles. The van der Waals surface area contributed by atoms with Crippen molar-refractivity contribution in [3.05, 3.63) is 0 Å². The number of amides is 2. The van der Waals surface area contributed by atoms with Gasteiger partial charge in [0.15, 0.2) is 0 Å². The lowest BCUT2D eigenvalue weighted by molar-refractivity contribution is 0.145. The molecule has 0 aromatic carbocycles. The Labute approximate surface area is 77.2 Å². The number of hydrogen-bond acceptors (Lipinski definition) is 2. The molecular weight excluding hydrogens is 168 g/mol. The number of ether oxygens (including phenoxy) is 1. The first-order valence-electron chi connectivity index (χ1n) is 4.99. The second-order valence-electron chi connectivity index (χ2n) is 4.18. The maximum Gasteiger partial charge on any atom is 0.317 e. The van der Waals surface area contributed by atoms with Gasteiger partial charge in [-0.1, -0.05) is 0 Å². The number of carbonyl (C=O) groups is 1. The van der Waals surface area contributed by atoms with Crippen molar-refractivity contribution in [1.29, 1.82) is 0 Å². The molecule has 3 aliphatic rings. The van der Waals surface area contributed by atoms with E-state index < -0.39 is 0 Å². The van der Waals surface area contributed by atoms with Gasteiger partial charge in [0.1, 0.15) is 0 Å². The zero-order valence-corrected chi connectivity index (χ0v) is 7.53. The van der Waals surface area contributed by atoms with Gasteiger partial charge < -0.3 is 15.0 Å². The highest BCUT2D eigenvalue weighted by atomic mass is 16.5. The van der Waals surface area contributed by atoms with Crippen molar-refractivity contribution in [3.63, 3.8) is 0 Å². The van der Waals surface area contributed by atoms with E-state index in [-0.39, 0.29) is 6.03 Å².